The van der Waals surface area contributed by atoms with Gasteiger partial charge in [-0.25, -0.2) is 0 Å². The second kappa shape index (κ2) is 5.14. The van der Waals surface area contributed by atoms with Crippen LogP contribution < -0.4 is 10.6 Å². The predicted octanol–water partition coefficient (Wildman–Crippen LogP) is 3.10. The monoisotopic (exact) mass is 232 g/mol. The molecule has 0 saturated carbocycles. The van der Waals surface area contributed by atoms with Gasteiger partial charge < -0.3 is 10.6 Å². The lowest BCUT2D eigenvalue weighted by Crippen LogP contribution is -2.16. The number of anilines is 1. The van der Waals surface area contributed by atoms with E-state index in [0.717, 1.165) is 5.69 Å². The molecule has 1 aromatic heterocycles. The molecule has 1 unspecified atom stereocenters. The van der Waals surface area contributed by atoms with E-state index in [9.17, 15) is 0 Å². The highest BCUT2D eigenvalue weighted by Crippen LogP contribution is 2.26. The molecule has 0 fully saturated rings. The number of hydrogen-bond donors (Lipinski definition) is 2. The molecule has 2 aromatic rings. The van der Waals surface area contributed by atoms with E-state index in [4.69, 9.17) is 0 Å². The van der Waals surface area contributed by atoms with Crippen LogP contribution in [0.25, 0.3) is 0 Å². The van der Waals surface area contributed by atoms with Gasteiger partial charge in [0, 0.05) is 17.6 Å². The molecule has 0 amide bonds. The molecule has 1 heterocycles. The molecule has 2 N–H and O–H groups in total. The number of benzene rings is 1. The number of rotatable bonds is 4. The highest BCUT2D eigenvalue weighted by Gasteiger charge is 2.12. The fourth-order valence-electron chi connectivity index (χ4n) is 1.80. The maximum atomic E-state index is 3.35. The Balaban J connectivity index is 2.33. The summed E-state index contributed by atoms with van der Waals surface area (Å²) in [6, 6.07) is 13.0. The standard InChI is InChI=1S/C13H16N2S/c1-14-11-6-3-5-10(9-11)13(15-2)12-7-4-8-16-12/h3-9,13-15H,1-2H3. The number of nitrogens with one attached hydrogen (secondary N) is 2. The molecule has 0 aliphatic rings. The van der Waals surface area contributed by atoms with Gasteiger partial charge in [-0.2, -0.15) is 0 Å². The Morgan fingerprint density at radius 2 is 2.00 bits per heavy atom. The molecule has 2 nitrogen and oxygen atoms in total. The molecule has 84 valence electrons. The fourth-order valence-corrected chi connectivity index (χ4v) is 2.66. The van der Waals surface area contributed by atoms with Gasteiger partial charge in [-0.1, -0.05) is 18.2 Å². The average Bonchev–Trinajstić information content (AvgIpc) is 2.84. The molecule has 0 aliphatic carbocycles. The highest BCUT2D eigenvalue weighted by molar-refractivity contribution is 7.10. The Hall–Kier alpha value is -1.32. The van der Waals surface area contributed by atoms with Crippen molar-refractivity contribution in [1.29, 1.82) is 0 Å². The van der Waals surface area contributed by atoms with Gasteiger partial charge in [0.2, 0.25) is 0 Å². The van der Waals surface area contributed by atoms with Crippen LogP contribution in [-0.4, -0.2) is 14.1 Å². The summed E-state index contributed by atoms with van der Waals surface area (Å²) in [5.41, 5.74) is 2.44. The second-order valence-electron chi connectivity index (χ2n) is 3.61. The van der Waals surface area contributed by atoms with Crippen molar-refractivity contribution in [2.75, 3.05) is 19.4 Å². The third kappa shape index (κ3) is 2.26. The van der Waals surface area contributed by atoms with Crippen molar-refractivity contribution in [1.82, 2.24) is 5.32 Å². The van der Waals surface area contributed by atoms with E-state index in [1.54, 1.807) is 11.3 Å². The number of hydrogen-bond acceptors (Lipinski definition) is 3. The van der Waals surface area contributed by atoms with Crippen molar-refractivity contribution >= 4 is 17.0 Å². The Morgan fingerprint density at radius 1 is 1.12 bits per heavy atom. The minimum Gasteiger partial charge on any atom is -0.388 e. The maximum Gasteiger partial charge on any atom is 0.0669 e. The third-order valence-electron chi connectivity index (χ3n) is 2.63. The van der Waals surface area contributed by atoms with E-state index in [2.05, 4.69) is 52.4 Å². The van der Waals surface area contributed by atoms with Crippen LogP contribution in [0.5, 0.6) is 0 Å². The lowest BCUT2D eigenvalue weighted by Gasteiger charge is -2.16. The van der Waals surface area contributed by atoms with Gasteiger partial charge in [0.15, 0.2) is 0 Å². The van der Waals surface area contributed by atoms with E-state index < -0.39 is 0 Å². The normalized spacial score (nSPS) is 12.4. The van der Waals surface area contributed by atoms with Crippen molar-refractivity contribution in [3.8, 4) is 0 Å². The summed E-state index contributed by atoms with van der Waals surface area (Å²) in [4.78, 5) is 1.34. The first-order valence-corrected chi connectivity index (χ1v) is 6.21. The SMILES string of the molecule is CNc1cccc(C(NC)c2cccs2)c1. The van der Waals surface area contributed by atoms with Gasteiger partial charge in [0.1, 0.15) is 0 Å². The molecule has 3 heteroatoms. The van der Waals surface area contributed by atoms with E-state index in [1.807, 2.05) is 14.1 Å². The summed E-state index contributed by atoms with van der Waals surface area (Å²) in [6.07, 6.45) is 0. The zero-order valence-corrected chi connectivity index (χ0v) is 10.3. The third-order valence-corrected chi connectivity index (χ3v) is 3.56. The van der Waals surface area contributed by atoms with Gasteiger partial charge in [-0.05, 0) is 36.2 Å². The lowest BCUT2D eigenvalue weighted by atomic mass is 10.0. The molecule has 1 atom stereocenters. The van der Waals surface area contributed by atoms with Gasteiger partial charge in [-0.3, -0.25) is 0 Å². The van der Waals surface area contributed by atoms with Crippen LogP contribution in [0, 0.1) is 0 Å². The summed E-state index contributed by atoms with van der Waals surface area (Å²) < 4.78 is 0. The second-order valence-corrected chi connectivity index (χ2v) is 4.59. The van der Waals surface area contributed by atoms with Crippen molar-refractivity contribution in [3.63, 3.8) is 0 Å². The van der Waals surface area contributed by atoms with Gasteiger partial charge >= 0.3 is 0 Å². The first kappa shape index (κ1) is 11.2. The van der Waals surface area contributed by atoms with Crippen LogP contribution in [0.15, 0.2) is 41.8 Å². The molecule has 16 heavy (non-hydrogen) atoms. The van der Waals surface area contributed by atoms with Gasteiger partial charge in [0.25, 0.3) is 0 Å². The first-order chi connectivity index (χ1) is 7.85. The van der Waals surface area contributed by atoms with Crippen LogP contribution in [0.2, 0.25) is 0 Å². The van der Waals surface area contributed by atoms with E-state index in [-0.39, 0.29) is 6.04 Å². The molecule has 0 saturated heterocycles. The van der Waals surface area contributed by atoms with Crippen LogP contribution in [-0.2, 0) is 0 Å². The minimum atomic E-state index is 0.285. The Labute approximate surface area is 100 Å². The minimum absolute atomic E-state index is 0.285. The van der Waals surface area contributed by atoms with E-state index in [0.29, 0.717) is 0 Å². The quantitative estimate of drug-likeness (QED) is 0.846. The van der Waals surface area contributed by atoms with Crippen molar-refractivity contribution in [2.24, 2.45) is 0 Å². The van der Waals surface area contributed by atoms with Crippen LogP contribution >= 0.6 is 11.3 Å². The topological polar surface area (TPSA) is 24.1 Å². The predicted molar refractivity (Wildman–Crippen MR) is 71.2 cm³/mol. The Kier molecular flexibility index (Phi) is 3.59. The largest absolute Gasteiger partial charge is 0.388 e. The van der Waals surface area contributed by atoms with Crippen LogP contribution in [0.3, 0.4) is 0 Å². The van der Waals surface area contributed by atoms with Gasteiger partial charge in [-0.15, -0.1) is 11.3 Å². The molecular weight excluding hydrogens is 216 g/mol. The molecular formula is C13H16N2S. The summed E-state index contributed by atoms with van der Waals surface area (Å²) in [6.45, 7) is 0. The molecule has 1 aromatic carbocycles. The molecule has 0 radical (unpaired) electrons. The van der Waals surface area contributed by atoms with Crippen LogP contribution in [0.1, 0.15) is 16.5 Å². The van der Waals surface area contributed by atoms with Crippen molar-refractivity contribution in [2.45, 2.75) is 6.04 Å². The highest BCUT2D eigenvalue weighted by atomic mass is 32.1. The maximum absolute atomic E-state index is 3.35. The summed E-state index contributed by atoms with van der Waals surface area (Å²) in [7, 11) is 3.94. The molecule has 2 rings (SSSR count). The van der Waals surface area contributed by atoms with Crippen LogP contribution in [0.4, 0.5) is 5.69 Å². The smallest absolute Gasteiger partial charge is 0.0669 e. The molecule has 0 bridgehead atoms. The average molecular weight is 232 g/mol. The Morgan fingerprint density at radius 3 is 2.62 bits per heavy atom. The Bertz CT molecular complexity index is 437. The first-order valence-electron chi connectivity index (χ1n) is 5.33. The van der Waals surface area contributed by atoms with Crippen molar-refractivity contribution < 1.29 is 0 Å². The van der Waals surface area contributed by atoms with Crippen molar-refractivity contribution in [3.05, 3.63) is 52.2 Å². The zero-order chi connectivity index (χ0) is 11.4. The lowest BCUT2D eigenvalue weighted by molar-refractivity contribution is 0.704. The zero-order valence-electron chi connectivity index (χ0n) is 9.53. The molecule has 0 spiro atoms. The molecule has 0 aliphatic heterocycles. The fraction of sp³-hybridized carbons (Fsp3) is 0.231. The summed E-state index contributed by atoms with van der Waals surface area (Å²) in [5, 5.41) is 8.63. The summed E-state index contributed by atoms with van der Waals surface area (Å²) in [5.74, 6) is 0. The number of thiophene rings is 1. The summed E-state index contributed by atoms with van der Waals surface area (Å²) >= 11 is 1.78. The van der Waals surface area contributed by atoms with E-state index >= 15 is 0 Å². The van der Waals surface area contributed by atoms with E-state index in [1.165, 1.54) is 10.4 Å². The van der Waals surface area contributed by atoms with Gasteiger partial charge in [0.05, 0.1) is 6.04 Å².